The largest absolute Gasteiger partial charge is 0.431 e. The minimum absolute atomic E-state index is 0.785. The fourth-order valence-electron chi connectivity index (χ4n) is 0.792. The number of hydrogen-bond donors (Lipinski definition) is 0. The van der Waals surface area contributed by atoms with Crippen molar-refractivity contribution in [1.82, 2.24) is 0 Å². The lowest BCUT2D eigenvalue weighted by atomic mass is 9.97. The van der Waals surface area contributed by atoms with Gasteiger partial charge in [-0.25, -0.2) is 4.39 Å². The van der Waals surface area contributed by atoms with E-state index < -0.39 is 36.6 Å². The molecule has 0 spiro atoms. The average Bonchev–Trinajstić information content (AvgIpc) is 1.95. The Hall–Kier alpha value is -0.820. The van der Waals surface area contributed by atoms with Gasteiger partial charge in [-0.1, -0.05) is 0 Å². The Morgan fingerprint density at radius 1 is 0.933 bits per heavy atom. The van der Waals surface area contributed by atoms with Gasteiger partial charge in [0.2, 0.25) is 0 Å². The van der Waals surface area contributed by atoms with Gasteiger partial charge in [-0.05, 0) is 6.92 Å². The Labute approximate surface area is 80.2 Å². The first-order valence-corrected chi connectivity index (χ1v) is 3.73. The van der Waals surface area contributed by atoms with Crippen molar-refractivity contribution in [1.29, 1.82) is 0 Å². The third-order valence-corrected chi connectivity index (χ3v) is 1.72. The molecule has 0 unspecified atom stereocenters. The number of alkyl halides is 7. The molecule has 0 N–H and O–H groups in total. The monoisotopic (exact) mass is 240 g/mol. The van der Waals surface area contributed by atoms with E-state index in [1.807, 2.05) is 0 Å². The van der Waals surface area contributed by atoms with Gasteiger partial charge in [-0.2, -0.15) is 26.3 Å². The maximum absolute atomic E-state index is 12.8. The van der Waals surface area contributed by atoms with E-state index in [4.69, 9.17) is 0 Å². The van der Waals surface area contributed by atoms with Gasteiger partial charge in [-0.15, -0.1) is 0 Å². The predicted octanol–water partition coefficient (Wildman–Crippen LogP) is 3.19. The molecule has 0 aromatic heterocycles. The molecule has 90 valence electrons. The summed E-state index contributed by atoms with van der Waals surface area (Å²) in [7, 11) is 0. The lowest BCUT2D eigenvalue weighted by molar-refractivity contribution is -0.342. The van der Waals surface area contributed by atoms with Crippen molar-refractivity contribution in [3.05, 3.63) is 0 Å². The molecule has 0 aliphatic carbocycles. The molecule has 0 aliphatic rings. The second kappa shape index (κ2) is 3.97. The van der Waals surface area contributed by atoms with E-state index in [-0.39, 0.29) is 0 Å². The normalized spacial score (nSPS) is 14.1. The van der Waals surface area contributed by atoms with E-state index in [9.17, 15) is 35.5 Å². The van der Waals surface area contributed by atoms with Crippen LogP contribution >= 0.6 is 0 Å². The fraction of sp³-hybridized carbons (Fsp3) is 0.857. The molecule has 0 saturated heterocycles. The second-order valence-corrected chi connectivity index (χ2v) is 3.00. The molecule has 0 heterocycles. The van der Waals surface area contributed by atoms with E-state index >= 15 is 0 Å². The van der Waals surface area contributed by atoms with E-state index in [0.29, 0.717) is 0 Å². The number of carbonyl (C=O) groups is 1. The summed E-state index contributed by atoms with van der Waals surface area (Å²) < 4.78 is 83.8. The molecule has 0 radical (unpaired) electrons. The van der Waals surface area contributed by atoms with Crippen LogP contribution < -0.4 is 0 Å². The van der Waals surface area contributed by atoms with Crippen molar-refractivity contribution in [2.24, 2.45) is 0 Å². The maximum Gasteiger partial charge on any atom is 0.431 e. The Balaban J connectivity index is 4.98. The fourth-order valence-corrected chi connectivity index (χ4v) is 0.792. The van der Waals surface area contributed by atoms with Gasteiger partial charge in [0.15, 0.2) is 0 Å². The number of Topliss-reactive ketones (excluding diaryl/α,β-unsaturated/α-hetero) is 1. The Kier molecular flexibility index (Phi) is 3.76. The van der Waals surface area contributed by atoms with E-state index in [1.54, 1.807) is 0 Å². The first-order valence-electron chi connectivity index (χ1n) is 3.73. The zero-order chi connectivity index (χ0) is 12.5. The zero-order valence-electron chi connectivity index (χ0n) is 7.47. The summed E-state index contributed by atoms with van der Waals surface area (Å²) >= 11 is 0. The van der Waals surface area contributed by atoms with Crippen LogP contribution in [-0.4, -0.2) is 23.8 Å². The van der Waals surface area contributed by atoms with Crippen LogP contribution in [0.15, 0.2) is 0 Å². The third-order valence-electron chi connectivity index (χ3n) is 1.72. The van der Waals surface area contributed by atoms with Gasteiger partial charge in [0.05, 0.1) is 0 Å². The summed E-state index contributed by atoms with van der Waals surface area (Å²) in [5.74, 6) is -0.939. The molecular weight excluding hydrogens is 233 g/mol. The second-order valence-electron chi connectivity index (χ2n) is 3.00. The van der Waals surface area contributed by atoms with E-state index in [2.05, 4.69) is 0 Å². The number of carbonyl (C=O) groups excluding carboxylic acids is 1. The summed E-state index contributed by atoms with van der Waals surface area (Å²) in [4.78, 5) is 10.2. The van der Waals surface area contributed by atoms with Crippen molar-refractivity contribution in [3.8, 4) is 0 Å². The highest BCUT2D eigenvalue weighted by molar-refractivity contribution is 5.75. The first-order chi connectivity index (χ1) is 6.42. The van der Waals surface area contributed by atoms with Crippen LogP contribution in [0.1, 0.15) is 19.8 Å². The summed E-state index contributed by atoms with van der Waals surface area (Å²) in [6.07, 6.45) is -15.2. The zero-order valence-corrected chi connectivity index (χ0v) is 7.47. The highest BCUT2D eigenvalue weighted by atomic mass is 19.4. The molecule has 0 bridgehead atoms. The van der Waals surface area contributed by atoms with Gasteiger partial charge in [-0.3, -0.25) is 0 Å². The van der Waals surface area contributed by atoms with Gasteiger partial charge >= 0.3 is 12.4 Å². The predicted molar refractivity (Wildman–Crippen MR) is 35.9 cm³/mol. The van der Waals surface area contributed by atoms with E-state index in [0.717, 1.165) is 6.92 Å². The lowest BCUT2D eigenvalue weighted by Crippen LogP contribution is -2.53. The van der Waals surface area contributed by atoms with Crippen molar-refractivity contribution in [2.75, 3.05) is 0 Å². The van der Waals surface area contributed by atoms with Gasteiger partial charge in [0.1, 0.15) is 5.78 Å². The molecule has 1 nitrogen and oxygen atoms in total. The molecule has 0 atom stereocenters. The number of ketones is 1. The van der Waals surface area contributed by atoms with Crippen LogP contribution in [0.4, 0.5) is 30.7 Å². The summed E-state index contributed by atoms with van der Waals surface area (Å²) in [6.45, 7) is 0.785. The van der Waals surface area contributed by atoms with Crippen LogP contribution in [0.5, 0.6) is 0 Å². The minimum atomic E-state index is -6.07. The Morgan fingerprint density at radius 3 is 1.47 bits per heavy atom. The minimum Gasteiger partial charge on any atom is -0.300 e. The maximum atomic E-state index is 12.8. The van der Waals surface area contributed by atoms with Gasteiger partial charge in [0, 0.05) is 12.8 Å². The number of rotatable bonds is 3. The van der Waals surface area contributed by atoms with Crippen molar-refractivity contribution < 1.29 is 35.5 Å². The number of hydrogen-bond acceptors (Lipinski definition) is 1. The first kappa shape index (κ1) is 14.2. The van der Waals surface area contributed by atoms with Crippen LogP contribution in [0.25, 0.3) is 0 Å². The average molecular weight is 240 g/mol. The molecule has 8 heteroatoms. The van der Waals surface area contributed by atoms with E-state index in [1.165, 1.54) is 0 Å². The highest BCUT2D eigenvalue weighted by Crippen LogP contribution is 2.48. The highest BCUT2D eigenvalue weighted by Gasteiger charge is 2.71. The van der Waals surface area contributed by atoms with Crippen molar-refractivity contribution >= 4 is 5.78 Å². The SMILES string of the molecule is CC(=O)CCC(F)(C(F)(F)F)C(F)(F)F. The van der Waals surface area contributed by atoms with Crippen LogP contribution in [0.3, 0.4) is 0 Å². The van der Waals surface area contributed by atoms with Gasteiger partial charge in [0.25, 0.3) is 5.67 Å². The molecular formula is C7H7F7O. The summed E-state index contributed by atoms with van der Waals surface area (Å²) in [6, 6.07) is 0. The molecule has 0 amide bonds. The number of halogens is 7. The third kappa shape index (κ3) is 3.07. The molecule has 0 aromatic rings. The summed E-state index contributed by atoms with van der Waals surface area (Å²) in [5.41, 5.74) is -5.31. The van der Waals surface area contributed by atoms with Crippen LogP contribution in [0.2, 0.25) is 0 Å². The molecule has 0 fully saturated rings. The smallest absolute Gasteiger partial charge is 0.300 e. The van der Waals surface area contributed by atoms with Crippen LogP contribution in [0, 0.1) is 0 Å². The topological polar surface area (TPSA) is 17.1 Å². The van der Waals surface area contributed by atoms with Gasteiger partial charge < -0.3 is 4.79 Å². The van der Waals surface area contributed by atoms with Crippen LogP contribution in [-0.2, 0) is 4.79 Å². The quantitative estimate of drug-likeness (QED) is 0.692. The van der Waals surface area contributed by atoms with Crippen molar-refractivity contribution in [2.45, 2.75) is 37.8 Å². The standard InChI is InChI=1S/C7H7F7O/c1-4(15)2-3-5(8,6(9,10)11)7(12,13)14/h2-3H2,1H3. The molecule has 0 aromatic carbocycles. The molecule has 0 aliphatic heterocycles. The van der Waals surface area contributed by atoms with Crippen molar-refractivity contribution in [3.63, 3.8) is 0 Å². The Bertz CT molecular complexity index is 225. The summed E-state index contributed by atoms with van der Waals surface area (Å²) in [5, 5.41) is 0. The molecule has 0 saturated carbocycles. The molecule has 0 rings (SSSR count). The Morgan fingerprint density at radius 2 is 1.27 bits per heavy atom. The lowest BCUT2D eigenvalue weighted by Gasteiger charge is -2.29. The molecule has 15 heavy (non-hydrogen) atoms.